The smallest absolute Gasteiger partial charge is 0.126 e. The fourth-order valence-electron chi connectivity index (χ4n) is 2.21. The molecule has 2 nitrogen and oxygen atoms in total. The highest BCUT2D eigenvalue weighted by Crippen LogP contribution is 2.14. The van der Waals surface area contributed by atoms with Crippen LogP contribution in [0.3, 0.4) is 0 Å². The van der Waals surface area contributed by atoms with E-state index in [0.29, 0.717) is 24.1 Å². The third-order valence-electron chi connectivity index (χ3n) is 3.38. The zero-order valence-corrected chi connectivity index (χ0v) is 11.9. The number of halogens is 2. The predicted octanol–water partition coefficient (Wildman–Crippen LogP) is 3.22. The molecule has 0 radical (unpaired) electrons. The van der Waals surface area contributed by atoms with Gasteiger partial charge in [-0.2, -0.15) is 0 Å². The molecule has 0 saturated heterocycles. The summed E-state index contributed by atoms with van der Waals surface area (Å²) < 4.78 is 26.6. The molecule has 2 unspecified atom stereocenters. The van der Waals surface area contributed by atoms with Crippen LogP contribution in [0.1, 0.15) is 24.2 Å². The van der Waals surface area contributed by atoms with E-state index in [1.165, 1.54) is 18.2 Å². The Morgan fingerprint density at radius 1 is 1.10 bits per heavy atom. The maximum absolute atomic E-state index is 13.5. The maximum atomic E-state index is 13.5. The summed E-state index contributed by atoms with van der Waals surface area (Å²) in [4.78, 5) is 0. The Hall–Kier alpha value is -1.78. The minimum atomic E-state index is -0.788. The molecule has 0 aliphatic heterocycles. The molecule has 2 aromatic rings. The van der Waals surface area contributed by atoms with E-state index in [4.69, 9.17) is 0 Å². The summed E-state index contributed by atoms with van der Waals surface area (Å²) in [5.41, 5.74) is 1.17. The van der Waals surface area contributed by atoms with Crippen molar-refractivity contribution in [2.24, 2.45) is 0 Å². The second kappa shape index (κ2) is 7.29. The second-order valence-corrected chi connectivity index (χ2v) is 5.18. The van der Waals surface area contributed by atoms with Crippen molar-refractivity contribution in [3.05, 3.63) is 71.3 Å². The first-order valence-electron chi connectivity index (χ1n) is 6.96. The number of nitrogens with one attached hydrogen (secondary N) is 1. The van der Waals surface area contributed by atoms with Crippen LogP contribution in [0.2, 0.25) is 0 Å². The van der Waals surface area contributed by atoms with Crippen molar-refractivity contribution in [3.8, 4) is 0 Å². The molecule has 4 heteroatoms. The topological polar surface area (TPSA) is 32.3 Å². The first-order valence-corrected chi connectivity index (χ1v) is 6.96. The molecular weight excluding hydrogens is 272 g/mol. The third-order valence-corrected chi connectivity index (χ3v) is 3.38. The molecule has 0 aromatic heterocycles. The van der Waals surface area contributed by atoms with Crippen LogP contribution >= 0.6 is 0 Å². The van der Waals surface area contributed by atoms with Crippen molar-refractivity contribution in [2.75, 3.05) is 6.54 Å². The SMILES string of the molecule is CC(Cc1ccccc1F)NCC(O)c1cccc(F)c1. The molecule has 2 atom stereocenters. The van der Waals surface area contributed by atoms with Crippen LogP contribution in [0.4, 0.5) is 8.78 Å². The molecule has 0 spiro atoms. The van der Waals surface area contributed by atoms with Crippen molar-refractivity contribution < 1.29 is 13.9 Å². The summed E-state index contributed by atoms with van der Waals surface area (Å²) in [6, 6.07) is 12.5. The predicted molar refractivity (Wildman–Crippen MR) is 78.9 cm³/mol. The minimum Gasteiger partial charge on any atom is -0.387 e. The lowest BCUT2D eigenvalue weighted by Crippen LogP contribution is -2.32. The van der Waals surface area contributed by atoms with E-state index in [0.717, 1.165) is 0 Å². The summed E-state index contributed by atoms with van der Waals surface area (Å²) in [5.74, 6) is -0.595. The summed E-state index contributed by atoms with van der Waals surface area (Å²) in [5, 5.41) is 13.1. The largest absolute Gasteiger partial charge is 0.387 e. The van der Waals surface area contributed by atoms with Gasteiger partial charge >= 0.3 is 0 Å². The lowest BCUT2D eigenvalue weighted by molar-refractivity contribution is 0.170. The van der Waals surface area contributed by atoms with E-state index in [9.17, 15) is 13.9 Å². The standard InChI is InChI=1S/C17H19F2NO/c1-12(9-13-5-2-3-8-16(13)19)20-11-17(21)14-6-4-7-15(18)10-14/h2-8,10,12,17,20-21H,9,11H2,1H3. The van der Waals surface area contributed by atoms with Gasteiger partial charge in [-0.05, 0) is 42.7 Å². The average molecular weight is 291 g/mol. The molecule has 0 aliphatic carbocycles. The van der Waals surface area contributed by atoms with Crippen molar-refractivity contribution >= 4 is 0 Å². The lowest BCUT2D eigenvalue weighted by Gasteiger charge is -2.18. The number of rotatable bonds is 6. The van der Waals surface area contributed by atoms with Crippen LogP contribution in [0.25, 0.3) is 0 Å². The van der Waals surface area contributed by atoms with Crippen molar-refractivity contribution in [3.63, 3.8) is 0 Å². The Morgan fingerprint density at radius 3 is 2.57 bits per heavy atom. The fourth-order valence-corrected chi connectivity index (χ4v) is 2.21. The van der Waals surface area contributed by atoms with Gasteiger partial charge in [0, 0.05) is 12.6 Å². The first kappa shape index (κ1) is 15.6. The summed E-state index contributed by atoms with van der Waals surface area (Å²) in [7, 11) is 0. The molecule has 0 heterocycles. The van der Waals surface area contributed by atoms with Crippen LogP contribution in [0.15, 0.2) is 48.5 Å². The second-order valence-electron chi connectivity index (χ2n) is 5.18. The Morgan fingerprint density at radius 2 is 1.86 bits per heavy atom. The minimum absolute atomic E-state index is 0.00473. The highest BCUT2D eigenvalue weighted by Gasteiger charge is 2.11. The van der Waals surface area contributed by atoms with E-state index in [1.807, 2.05) is 6.92 Å². The number of aliphatic hydroxyl groups excluding tert-OH is 1. The summed E-state index contributed by atoms with van der Waals surface area (Å²) >= 11 is 0. The maximum Gasteiger partial charge on any atom is 0.126 e. The highest BCUT2D eigenvalue weighted by atomic mass is 19.1. The Balaban J connectivity index is 1.86. The Kier molecular flexibility index (Phi) is 5.42. The van der Waals surface area contributed by atoms with Gasteiger partial charge < -0.3 is 10.4 Å². The fraction of sp³-hybridized carbons (Fsp3) is 0.294. The van der Waals surface area contributed by atoms with E-state index >= 15 is 0 Å². The zero-order chi connectivity index (χ0) is 15.2. The molecule has 2 N–H and O–H groups in total. The van der Waals surface area contributed by atoms with Crippen LogP contribution in [-0.4, -0.2) is 17.7 Å². The van der Waals surface area contributed by atoms with Crippen LogP contribution in [0, 0.1) is 11.6 Å². The monoisotopic (exact) mass is 291 g/mol. The third kappa shape index (κ3) is 4.62. The van der Waals surface area contributed by atoms with Gasteiger partial charge in [0.2, 0.25) is 0 Å². The lowest BCUT2D eigenvalue weighted by atomic mass is 10.1. The molecule has 0 amide bonds. The highest BCUT2D eigenvalue weighted by molar-refractivity contribution is 5.20. The van der Waals surface area contributed by atoms with Crippen LogP contribution in [0.5, 0.6) is 0 Å². The molecule has 0 saturated carbocycles. The average Bonchev–Trinajstić information content (AvgIpc) is 2.47. The summed E-state index contributed by atoms with van der Waals surface area (Å²) in [6.07, 6.45) is -0.258. The summed E-state index contributed by atoms with van der Waals surface area (Å²) in [6.45, 7) is 2.21. The first-order chi connectivity index (χ1) is 10.1. The normalized spacial score (nSPS) is 13.9. The van der Waals surface area contributed by atoms with Crippen molar-refractivity contribution in [1.82, 2.24) is 5.32 Å². The van der Waals surface area contributed by atoms with Gasteiger partial charge in [-0.25, -0.2) is 8.78 Å². The Labute approximate surface area is 123 Å². The number of hydrogen-bond donors (Lipinski definition) is 2. The van der Waals surface area contributed by atoms with Gasteiger partial charge in [0.25, 0.3) is 0 Å². The van der Waals surface area contributed by atoms with Gasteiger partial charge in [-0.1, -0.05) is 30.3 Å². The molecule has 2 rings (SSSR count). The number of hydrogen-bond acceptors (Lipinski definition) is 2. The van der Waals surface area contributed by atoms with Crippen molar-refractivity contribution in [2.45, 2.75) is 25.5 Å². The van der Waals surface area contributed by atoms with E-state index in [2.05, 4.69) is 5.32 Å². The molecule has 2 aromatic carbocycles. The zero-order valence-electron chi connectivity index (χ0n) is 11.9. The van der Waals surface area contributed by atoms with Gasteiger partial charge in [-0.15, -0.1) is 0 Å². The number of benzene rings is 2. The molecule has 112 valence electrons. The quantitative estimate of drug-likeness (QED) is 0.856. The van der Waals surface area contributed by atoms with Crippen LogP contribution < -0.4 is 5.32 Å². The van der Waals surface area contributed by atoms with Gasteiger partial charge in [0.05, 0.1) is 6.10 Å². The molecule has 0 fully saturated rings. The molecule has 0 bridgehead atoms. The van der Waals surface area contributed by atoms with Crippen LogP contribution in [-0.2, 0) is 6.42 Å². The van der Waals surface area contributed by atoms with E-state index in [-0.39, 0.29) is 17.7 Å². The van der Waals surface area contributed by atoms with Gasteiger partial charge in [0.1, 0.15) is 11.6 Å². The number of aliphatic hydroxyl groups is 1. The van der Waals surface area contributed by atoms with Crippen molar-refractivity contribution in [1.29, 1.82) is 0 Å². The molecule has 21 heavy (non-hydrogen) atoms. The van der Waals surface area contributed by atoms with Gasteiger partial charge in [-0.3, -0.25) is 0 Å². The Bertz CT molecular complexity index is 589. The molecule has 0 aliphatic rings. The van der Waals surface area contributed by atoms with E-state index < -0.39 is 6.10 Å². The van der Waals surface area contributed by atoms with E-state index in [1.54, 1.807) is 30.3 Å². The van der Waals surface area contributed by atoms with Gasteiger partial charge in [0.15, 0.2) is 0 Å². The molecular formula is C17H19F2NO.